The number of hydrogen-bond donors (Lipinski definition) is 1. The van der Waals surface area contributed by atoms with Crippen LogP contribution in [-0.2, 0) is 9.84 Å². The molecule has 0 aliphatic carbocycles. The van der Waals surface area contributed by atoms with Crippen LogP contribution >= 0.6 is 0 Å². The molecule has 0 spiro atoms. The van der Waals surface area contributed by atoms with Gasteiger partial charge in [-0.25, -0.2) is 13.4 Å². The van der Waals surface area contributed by atoms with E-state index in [0.717, 1.165) is 6.20 Å². The molecule has 0 amide bonds. The van der Waals surface area contributed by atoms with Crippen LogP contribution in [0.3, 0.4) is 0 Å². The van der Waals surface area contributed by atoms with Crippen molar-refractivity contribution in [3.05, 3.63) is 35.1 Å². The van der Waals surface area contributed by atoms with Gasteiger partial charge in [-0.2, -0.15) is 0 Å². The molecule has 1 aromatic heterocycles. The fraction of sp³-hybridized carbons (Fsp3) is 0.333. The predicted molar refractivity (Wildman–Crippen MR) is 71.5 cm³/mol. The van der Waals surface area contributed by atoms with Crippen molar-refractivity contribution in [2.24, 2.45) is 0 Å². The van der Waals surface area contributed by atoms with E-state index in [0.29, 0.717) is 0 Å². The molecule has 1 aromatic rings. The summed E-state index contributed by atoms with van der Waals surface area (Å²) in [5.41, 5.74) is -0.0251. The minimum absolute atomic E-state index is 0.0251. The average Bonchev–Trinajstić information content (AvgIpc) is 2.35. The number of carbonyl (C=O) groups excluding carboxylic acids is 1. The van der Waals surface area contributed by atoms with Crippen LogP contribution in [0.25, 0.3) is 0 Å². The van der Waals surface area contributed by atoms with Crippen molar-refractivity contribution in [3.8, 4) is 5.75 Å². The molecule has 0 saturated carbocycles. The van der Waals surface area contributed by atoms with Crippen molar-refractivity contribution in [2.75, 3.05) is 19.8 Å². The smallest absolute Gasteiger partial charge is 0.224 e. The maximum Gasteiger partial charge on any atom is 0.224 e. The van der Waals surface area contributed by atoms with E-state index in [1.807, 2.05) is 0 Å². The fourth-order valence-electron chi connectivity index (χ4n) is 1.32. The Kier molecular flexibility index (Phi) is 4.66. The Bertz CT molecular complexity index is 589. The molecule has 6 nitrogen and oxygen atoms in total. The molecule has 0 saturated heterocycles. The summed E-state index contributed by atoms with van der Waals surface area (Å²) < 4.78 is 23.8. The van der Waals surface area contributed by atoms with Gasteiger partial charge in [-0.15, -0.1) is 0 Å². The van der Waals surface area contributed by atoms with Crippen LogP contribution in [0.5, 0.6) is 5.75 Å². The van der Waals surface area contributed by atoms with Gasteiger partial charge in [-0.05, 0) is 12.1 Å². The Labute approximate surface area is 112 Å². The van der Waals surface area contributed by atoms with Crippen LogP contribution in [0.4, 0.5) is 0 Å². The third-order valence-electron chi connectivity index (χ3n) is 2.29. The molecule has 0 bridgehead atoms. The third kappa shape index (κ3) is 3.78. The molecule has 19 heavy (non-hydrogen) atoms. The van der Waals surface area contributed by atoms with Gasteiger partial charge in [0.25, 0.3) is 0 Å². The molecule has 0 radical (unpaired) electrons. The SMILES string of the molecule is CCS(=O)(=O)C(=CN(C)C)C(=O)c1ccc(O)cn1. The topological polar surface area (TPSA) is 87.6 Å². The number of aromatic nitrogens is 1. The highest BCUT2D eigenvalue weighted by molar-refractivity contribution is 7.96. The fourth-order valence-corrected chi connectivity index (χ4v) is 2.39. The third-order valence-corrected chi connectivity index (χ3v) is 4.02. The monoisotopic (exact) mass is 284 g/mol. The zero-order valence-electron chi connectivity index (χ0n) is 11.0. The lowest BCUT2D eigenvalue weighted by molar-refractivity contribution is 0.103. The van der Waals surface area contributed by atoms with Crippen molar-refractivity contribution in [3.63, 3.8) is 0 Å². The first kappa shape index (κ1) is 15.2. The second-order valence-electron chi connectivity index (χ2n) is 4.09. The van der Waals surface area contributed by atoms with E-state index in [2.05, 4.69) is 4.98 Å². The maximum absolute atomic E-state index is 12.2. The molecule has 0 fully saturated rings. The van der Waals surface area contributed by atoms with E-state index in [-0.39, 0.29) is 22.1 Å². The zero-order chi connectivity index (χ0) is 14.6. The Morgan fingerprint density at radius 2 is 2.05 bits per heavy atom. The van der Waals surface area contributed by atoms with Gasteiger partial charge in [0.15, 0.2) is 9.84 Å². The average molecular weight is 284 g/mol. The molecule has 0 aliphatic rings. The predicted octanol–water partition coefficient (Wildman–Crippen LogP) is 0.808. The Morgan fingerprint density at radius 3 is 2.47 bits per heavy atom. The number of sulfone groups is 1. The van der Waals surface area contributed by atoms with Crippen molar-refractivity contribution in [1.82, 2.24) is 9.88 Å². The summed E-state index contributed by atoms with van der Waals surface area (Å²) >= 11 is 0. The summed E-state index contributed by atoms with van der Waals surface area (Å²) in [6.45, 7) is 1.47. The minimum atomic E-state index is -3.65. The van der Waals surface area contributed by atoms with Crippen LogP contribution in [0.1, 0.15) is 17.4 Å². The van der Waals surface area contributed by atoms with E-state index >= 15 is 0 Å². The highest BCUT2D eigenvalue weighted by atomic mass is 32.2. The van der Waals surface area contributed by atoms with Gasteiger partial charge in [-0.3, -0.25) is 4.79 Å². The number of carbonyl (C=O) groups is 1. The first-order valence-electron chi connectivity index (χ1n) is 5.58. The standard InChI is InChI=1S/C12H16N2O4S/c1-4-19(17,18)11(8-14(2)3)12(16)10-6-5-9(15)7-13-10/h5-8,15H,4H2,1-3H3. The van der Waals surface area contributed by atoms with E-state index in [4.69, 9.17) is 5.11 Å². The van der Waals surface area contributed by atoms with Crippen LogP contribution in [0, 0.1) is 0 Å². The molecule has 1 N–H and O–H groups in total. The summed E-state index contributed by atoms with van der Waals surface area (Å²) in [6.07, 6.45) is 2.36. The number of Topliss-reactive ketones (excluding diaryl/α,β-unsaturated/α-hetero) is 1. The highest BCUT2D eigenvalue weighted by Crippen LogP contribution is 2.16. The summed E-state index contributed by atoms with van der Waals surface area (Å²) in [7, 11) is -0.390. The minimum Gasteiger partial charge on any atom is -0.506 e. The highest BCUT2D eigenvalue weighted by Gasteiger charge is 2.25. The van der Waals surface area contributed by atoms with Gasteiger partial charge < -0.3 is 10.0 Å². The Hall–Kier alpha value is -1.89. The molecular weight excluding hydrogens is 268 g/mol. The number of aromatic hydroxyl groups is 1. The molecule has 0 atom stereocenters. The lowest BCUT2D eigenvalue weighted by Crippen LogP contribution is -2.19. The lowest BCUT2D eigenvalue weighted by atomic mass is 10.2. The van der Waals surface area contributed by atoms with Crippen LogP contribution in [-0.4, -0.2) is 49.0 Å². The van der Waals surface area contributed by atoms with Crippen molar-refractivity contribution in [1.29, 1.82) is 0 Å². The van der Waals surface area contributed by atoms with Gasteiger partial charge in [0, 0.05) is 20.3 Å². The first-order chi connectivity index (χ1) is 8.77. The molecule has 0 aliphatic heterocycles. The van der Waals surface area contributed by atoms with Gasteiger partial charge >= 0.3 is 0 Å². The quantitative estimate of drug-likeness (QED) is 0.636. The van der Waals surface area contributed by atoms with Gasteiger partial charge in [0.05, 0.1) is 11.9 Å². The van der Waals surface area contributed by atoms with Crippen molar-refractivity contribution < 1.29 is 18.3 Å². The zero-order valence-corrected chi connectivity index (χ0v) is 11.8. The van der Waals surface area contributed by atoms with Gasteiger partial charge in [-0.1, -0.05) is 6.92 Å². The number of nitrogens with zero attached hydrogens (tertiary/aromatic N) is 2. The summed E-state index contributed by atoms with van der Waals surface area (Å²) in [4.78, 5) is 17.1. The molecular formula is C12H16N2O4S. The number of hydrogen-bond acceptors (Lipinski definition) is 6. The van der Waals surface area contributed by atoms with E-state index < -0.39 is 15.6 Å². The molecule has 0 aromatic carbocycles. The largest absolute Gasteiger partial charge is 0.506 e. The number of ketones is 1. The maximum atomic E-state index is 12.2. The van der Waals surface area contributed by atoms with E-state index in [1.54, 1.807) is 14.1 Å². The first-order valence-corrected chi connectivity index (χ1v) is 7.24. The molecule has 0 unspecified atom stereocenters. The number of pyridine rings is 1. The van der Waals surface area contributed by atoms with Gasteiger partial charge in [0.1, 0.15) is 16.3 Å². The summed E-state index contributed by atoms with van der Waals surface area (Å²) in [6, 6.07) is 2.57. The van der Waals surface area contributed by atoms with E-state index in [9.17, 15) is 13.2 Å². The van der Waals surface area contributed by atoms with Crippen molar-refractivity contribution in [2.45, 2.75) is 6.92 Å². The Morgan fingerprint density at radius 1 is 1.42 bits per heavy atom. The molecule has 1 heterocycles. The molecule has 1 rings (SSSR count). The van der Waals surface area contributed by atoms with Crippen LogP contribution < -0.4 is 0 Å². The summed E-state index contributed by atoms with van der Waals surface area (Å²) in [5.74, 6) is -0.945. The van der Waals surface area contributed by atoms with Crippen molar-refractivity contribution >= 4 is 15.6 Å². The second kappa shape index (κ2) is 5.83. The lowest BCUT2D eigenvalue weighted by Gasteiger charge is -2.10. The number of rotatable bonds is 5. The van der Waals surface area contributed by atoms with Gasteiger partial charge in [0.2, 0.25) is 5.78 Å². The summed E-state index contributed by atoms with van der Waals surface area (Å²) in [5, 5.41) is 9.11. The van der Waals surface area contributed by atoms with Crippen LogP contribution in [0.2, 0.25) is 0 Å². The molecule has 104 valence electrons. The number of allylic oxidation sites excluding steroid dienone is 1. The van der Waals surface area contributed by atoms with Crippen LogP contribution in [0.15, 0.2) is 29.4 Å². The van der Waals surface area contributed by atoms with E-state index in [1.165, 1.54) is 30.2 Å². The Balaban J connectivity index is 3.27. The second-order valence-corrected chi connectivity index (χ2v) is 6.34. The normalized spacial score (nSPS) is 12.3. The molecule has 7 heteroatoms.